The number of unbranched alkanes of at least 4 members (excludes halogenated alkanes) is 1. The van der Waals surface area contributed by atoms with E-state index in [9.17, 15) is 4.79 Å². The third kappa shape index (κ3) is 4.54. The minimum absolute atomic E-state index is 0.113. The average Bonchev–Trinajstić information content (AvgIpc) is 2.43. The molecule has 1 aliphatic rings. The van der Waals surface area contributed by atoms with Gasteiger partial charge in [0.25, 0.3) is 0 Å². The zero-order valence-electron chi connectivity index (χ0n) is 10.00. The van der Waals surface area contributed by atoms with Gasteiger partial charge in [-0.1, -0.05) is 20.3 Å². The first kappa shape index (κ1) is 12.3. The number of carbonyl (C=O) groups is 1. The fraction of sp³-hybridized carbons (Fsp3) is 0.917. The largest absolute Gasteiger partial charge is 0.449 e. The molecule has 0 bridgehead atoms. The molecule has 1 rings (SSSR count). The molecule has 0 saturated carbocycles. The van der Waals surface area contributed by atoms with Gasteiger partial charge in [-0.15, -0.1) is 0 Å². The Morgan fingerprint density at radius 1 is 1.40 bits per heavy atom. The van der Waals surface area contributed by atoms with Crippen LogP contribution >= 0.6 is 0 Å². The van der Waals surface area contributed by atoms with E-state index in [1.807, 2.05) is 4.90 Å². The molecule has 0 aromatic rings. The molecule has 0 N–H and O–H groups in total. The maximum absolute atomic E-state index is 11.6. The lowest BCUT2D eigenvalue weighted by atomic mass is 10.0. The highest BCUT2D eigenvalue weighted by Crippen LogP contribution is 2.16. The lowest BCUT2D eigenvalue weighted by molar-refractivity contribution is 0.102. The first-order valence-electron chi connectivity index (χ1n) is 6.15. The molecule has 0 spiro atoms. The zero-order valence-corrected chi connectivity index (χ0v) is 10.00. The van der Waals surface area contributed by atoms with Crippen molar-refractivity contribution in [2.24, 2.45) is 5.92 Å². The molecule has 88 valence electrons. The summed E-state index contributed by atoms with van der Waals surface area (Å²) in [4.78, 5) is 13.5. The second-order valence-corrected chi connectivity index (χ2v) is 4.49. The predicted octanol–water partition coefficient (Wildman–Crippen LogP) is 3.05. The molecule has 1 fully saturated rings. The van der Waals surface area contributed by atoms with Crippen LogP contribution < -0.4 is 0 Å². The number of nitrogens with zero attached hydrogens (tertiary/aromatic N) is 1. The number of likely N-dealkylation sites (tertiary alicyclic amines) is 1. The van der Waals surface area contributed by atoms with E-state index in [-0.39, 0.29) is 6.09 Å². The van der Waals surface area contributed by atoms with Gasteiger partial charge in [-0.2, -0.15) is 0 Å². The first-order chi connectivity index (χ1) is 7.24. The third-order valence-electron chi connectivity index (χ3n) is 3.00. The van der Waals surface area contributed by atoms with Crippen molar-refractivity contribution < 1.29 is 9.53 Å². The molecule has 1 aliphatic heterocycles. The summed E-state index contributed by atoms with van der Waals surface area (Å²) >= 11 is 0. The fourth-order valence-corrected chi connectivity index (χ4v) is 1.84. The second-order valence-electron chi connectivity index (χ2n) is 4.49. The molecular formula is C12H23NO2. The molecule has 3 heteroatoms. The van der Waals surface area contributed by atoms with E-state index >= 15 is 0 Å². The van der Waals surface area contributed by atoms with E-state index in [0.717, 1.165) is 44.7 Å². The van der Waals surface area contributed by atoms with E-state index in [1.165, 1.54) is 6.42 Å². The Morgan fingerprint density at radius 2 is 2.20 bits per heavy atom. The number of rotatable bonds is 3. The Morgan fingerprint density at radius 3 is 2.93 bits per heavy atom. The van der Waals surface area contributed by atoms with Crippen LogP contribution in [0.2, 0.25) is 0 Å². The van der Waals surface area contributed by atoms with Crippen molar-refractivity contribution in [2.45, 2.75) is 46.0 Å². The molecule has 1 unspecified atom stereocenters. The van der Waals surface area contributed by atoms with Crippen LogP contribution in [0.15, 0.2) is 0 Å². The Balaban J connectivity index is 2.25. The summed E-state index contributed by atoms with van der Waals surface area (Å²) in [7, 11) is 0. The molecule has 1 heterocycles. The first-order valence-corrected chi connectivity index (χ1v) is 6.15. The summed E-state index contributed by atoms with van der Waals surface area (Å²) in [5.74, 6) is 0.749. The van der Waals surface area contributed by atoms with Crippen LogP contribution in [-0.4, -0.2) is 30.7 Å². The highest BCUT2D eigenvalue weighted by atomic mass is 16.6. The van der Waals surface area contributed by atoms with Crippen LogP contribution in [-0.2, 0) is 4.74 Å². The smallest absolute Gasteiger partial charge is 0.409 e. The predicted molar refractivity (Wildman–Crippen MR) is 60.8 cm³/mol. The monoisotopic (exact) mass is 213 g/mol. The van der Waals surface area contributed by atoms with Crippen molar-refractivity contribution in [3.63, 3.8) is 0 Å². The highest BCUT2D eigenvalue weighted by molar-refractivity contribution is 5.67. The van der Waals surface area contributed by atoms with E-state index in [4.69, 9.17) is 4.74 Å². The summed E-state index contributed by atoms with van der Waals surface area (Å²) in [5, 5.41) is 0. The quantitative estimate of drug-likeness (QED) is 0.674. The molecule has 3 nitrogen and oxygen atoms in total. The van der Waals surface area contributed by atoms with Crippen LogP contribution in [0.5, 0.6) is 0 Å². The summed E-state index contributed by atoms with van der Waals surface area (Å²) < 4.78 is 5.20. The van der Waals surface area contributed by atoms with Crippen LogP contribution in [0, 0.1) is 5.92 Å². The zero-order chi connectivity index (χ0) is 11.1. The Labute approximate surface area is 92.8 Å². The van der Waals surface area contributed by atoms with E-state index in [2.05, 4.69) is 13.8 Å². The van der Waals surface area contributed by atoms with E-state index in [0.29, 0.717) is 6.61 Å². The summed E-state index contributed by atoms with van der Waals surface area (Å²) in [6, 6.07) is 0. The molecule has 0 aromatic carbocycles. The normalized spacial score (nSPS) is 22.3. The second kappa shape index (κ2) is 6.70. The van der Waals surface area contributed by atoms with Crippen LogP contribution in [0.4, 0.5) is 4.79 Å². The number of carbonyl (C=O) groups excluding carboxylic acids is 1. The topological polar surface area (TPSA) is 29.5 Å². The maximum Gasteiger partial charge on any atom is 0.409 e. The lowest BCUT2D eigenvalue weighted by Gasteiger charge is -2.19. The van der Waals surface area contributed by atoms with E-state index in [1.54, 1.807) is 0 Å². The van der Waals surface area contributed by atoms with Crippen molar-refractivity contribution in [2.75, 3.05) is 19.7 Å². The van der Waals surface area contributed by atoms with Crippen molar-refractivity contribution in [3.05, 3.63) is 0 Å². The Hall–Kier alpha value is -0.730. The molecule has 1 saturated heterocycles. The third-order valence-corrected chi connectivity index (χ3v) is 3.00. The van der Waals surface area contributed by atoms with Gasteiger partial charge in [-0.3, -0.25) is 0 Å². The van der Waals surface area contributed by atoms with Gasteiger partial charge in [0.2, 0.25) is 0 Å². The molecular weight excluding hydrogens is 190 g/mol. The van der Waals surface area contributed by atoms with Gasteiger partial charge < -0.3 is 9.64 Å². The molecule has 1 amide bonds. The molecule has 15 heavy (non-hydrogen) atoms. The van der Waals surface area contributed by atoms with Gasteiger partial charge in [0.05, 0.1) is 6.61 Å². The Kier molecular flexibility index (Phi) is 5.51. The molecule has 0 radical (unpaired) electrons. The SMILES string of the molecule is CCCCOC(=O)N1CCCC(C)CC1. The van der Waals surface area contributed by atoms with Crippen molar-refractivity contribution in [3.8, 4) is 0 Å². The van der Waals surface area contributed by atoms with Gasteiger partial charge in [0.1, 0.15) is 0 Å². The minimum atomic E-state index is -0.113. The van der Waals surface area contributed by atoms with Gasteiger partial charge in [-0.05, 0) is 31.6 Å². The fourth-order valence-electron chi connectivity index (χ4n) is 1.84. The van der Waals surface area contributed by atoms with Gasteiger partial charge in [0, 0.05) is 13.1 Å². The Bertz CT molecular complexity index is 194. The van der Waals surface area contributed by atoms with E-state index < -0.39 is 0 Å². The highest BCUT2D eigenvalue weighted by Gasteiger charge is 2.18. The minimum Gasteiger partial charge on any atom is -0.449 e. The lowest BCUT2D eigenvalue weighted by Crippen LogP contribution is -2.32. The number of ether oxygens (including phenoxy) is 1. The van der Waals surface area contributed by atoms with Crippen LogP contribution in [0.25, 0.3) is 0 Å². The van der Waals surface area contributed by atoms with Gasteiger partial charge in [0.15, 0.2) is 0 Å². The average molecular weight is 213 g/mol. The van der Waals surface area contributed by atoms with Crippen LogP contribution in [0.3, 0.4) is 0 Å². The van der Waals surface area contributed by atoms with Gasteiger partial charge in [-0.25, -0.2) is 4.79 Å². The summed E-state index contributed by atoms with van der Waals surface area (Å²) in [6.45, 7) is 6.66. The molecule has 0 aromatic heterocycles. The summed E-state index contributed by atoms with van der Waals surface area (Å²) in [5.41, 5.74) is 0. The standard InChI is InChI=1S/C12H23NO2/c1-3-4-10-15-12(14)13-8-5-6-11(2)7-9-13/h11H,3-10H2,1-2H3. The number of hydrogen-bond donors (Lipinski definition) is 0. The van der Waals surface area contributed by atoms with Crippen molar-refractivity contribution in [1.82, 2.24) is 4.90 Å². The summed E-state index contributed by atoms with van der Waals surface area (Å²) in [6.07, 6.45) is 5.39. The van der Waals surface area contributed by atoms with Crippen molar-refractivity contribution >= 4 is 6.09 Å². The maximum atomic E-state index is 11.6. The van der Waals surface area contributed by atoms with Crippen molar-refractivity contribution in [1.29, 1.82) is 0 Å². The number of amides is 1. The van der Waals surface area contributed by atoms with Gasteiger partial charge >= 0.3 is 6.09 Å². The molecule has 1 atom stereocenters. The van der Waals surface area contributed by atoms with Crippen LogP contribution in [0.1, 0.15) is 46.0 Å². The number of hydrogen-bond acceptors (Lipinski definition) is 2. The molecule has 0 aliphatic carbocycles.